The number of benzene rings is 2. The molecule has 288 valence electrons. The van der Waals surface area contributed by atoms with Crippen LogP contribution >= 0.6 is 0 Å². The minimum atomic E-state index is -4.30. The largest absolute Gasteiger partial charge is 0.295 e. The predicted octanol–water partition coefficient (Wildman–Crippen LogP) is 15.7. The summed E-state index contributed by atoms with van der Waals surface area (Å²) in [5.41, 5.74) is 1.64. The summed E-state index contributed by atoms with van der Waals surface area (Å²) in [6.07, 6.45) is 43.8. The number of hydrogen-bond acceptors (Lipinski definition) is 2. The van der Waals surface area contributed by atoms with Gasteiger partial charge in [0.1, 0.15) is 4.90 Å². The van der Waals surface area contributed by atoms with E-state index in [9.17, 15) is 13.0 Å². The second-order valence-electron chi connectivity index (χ2n) is 15.6. The third-order valence-corrected chi connectivity index (χ3v) is 12.0. The molecule has 0 aliphatic carbocycles. The zero-order valence-corrected chi connectivity index (χ0v) is 33.9. The molecule has 0 bridgehead atoms. The van der Waals surface area contributed by atoms with Gasteiger partial charge in [-0.1, -0.05) is 231 Å². The Morgan fingerprint density at radius 1 is 0.440 bits per heavy atom. The summed E-state index contributed by atoms with van der Waals surface area (Å²) >= 11 is 0. The van der Waals surface area contributed by atoms with Crippen LogP contribution in [0.15, 0.2) is 35.2 Å². The van der Waals surface area contributed by atoms with Crippen molar-refractivity contribution in [1.29, 1.82) is 0 Å². The maximum atomic E-state index is 12.8. The molecule has 2 aromatic carbocycles. The summed E-state index contributed by atoms with van der Waals surface area (Å²) < 4.78 is 36.1. The van der Waals surface area contributed by atoms with Crippen molar-refractivity contribution in [1.82, 2.24) is 0 Å². The average Bonchev–Trinajstić information content (AvgIpc) is 3.10. The Morgan fingerprint density at radius 3 is 1.12 bits per heavy atom. The molecule has 0 aliphatic heterocycles. The summed E-state index contributed by atoms with van der Waals surface area (Å²) in [4.78, 5) is 0.207. The first-order valence-electron chi connectivity index (χ1n) is 22.0. The molecule has 0 spiro atoms. The minimum Gasteiger partial charge on any atom is -0.282 e. The Bertz CT molecular complexity index is 1190. The normalized spacial score (nSPS) is 12.0. The van der Waals surface area contributed by atoms with Crippen LogP contribution in [0.4, 0.5) is 0 Å². The van der Waals surface area contributed by atoms with Crippen molar-refractivity contribution in [2.24, 2.45) is 0 Å². The van der Waals surface area contributed by atoms with E-state index in [2.05, 4.69) is 19.9 Å². The maximum Gasteiger partial charge on any atom is 0.295 e. The Balaban J connectivity index is 1.67. The van der Waals surface area contributed by atoms with Crippen LogP contribution in [-0.4, -0.2) is 13.0 Å². The van der Waals surface area contributed by atoms with Crippen molar-refractivity contribution in [2.45, 2.75) is 237 Å². The van der Waals surface area contributed by atoms with Crippen LogP contribution in [0.5, 0.6) is 0 Å². The lowest BCUT2D eigenvalue weighted by atomic mass is 9.94. The topological polar surface area (TPSA) is 54.4 Å². The molecule has 4 heteroatoms. The molecule has 3 nitrogen and oxygen atoms in total. The van der Waals surface area contributed by atoms with Crippen molar-refractivity contribution >= 4 is 20.9 Å². The number of fused-ring (bicyclic) bond motifs is 1. The highest BCUT2D eigenvalue weighted by molar-refractivity contribution is 7.86. The van der Waals surface area contributed by atoms with Crippen molar-refractivity contribution in [3.05, 3.63) is 41.5 Å². The van der Waals surface area contributed by atoms with E-state index in [0.29, 0.717) is 12.8 Å². The quantitative estimate of drug-likeness (QED) is 0.0572. The Hall–Kier alpha value is -1.39. The van der Waals surface area contributed by atoms with Gasteiger partial charge in [0, 0.05) is 0 Å². The fourth-order valence-electron chi connectivity index (χ4n) is 7.94. The van der Waals surface area contributed by atoms with Crippen molar-refractivity contribution < 1.29 is 13.0 Å². The van der Waals surface area contributed by atoms with Gasteiger partial charge in [0.25, 0.3) is 10.1 Å². The molecule has 0 unspecified atom stereocenters. The molecule has 50 heavy (non-hydrogen) atoms. The molecule has 0 saturated heterocycles. The first-order chi connectivity index (χ1) is 24.5. The van der Waals surface area contributed by atoms with Crippen LogP contribution in [0.3, 0.4) is 0 Å². The zero-order chi connectivity index (χ0) is 36.0. The van der Waals surface area contributed by atoms with Gasteiger partial charge in [-0.15, -0.1) is 0 Å². The number of rotatable bonds is 35. The van der Waals surface area contributed by atoms with Crippen molar-refractivity contribution in [2.75, 3.05) is 0 Å². The van der Waals surface area contributed by atoms with Crippen molar-refractivity contribution in [3.63, 3.8) is 0 Å². The first kappa shape index (κ1) is 44.8. The lowest BCUT2D eigenvalue weighted by molar-refractivity contribution is 0.480. The molecule has 0 amide bonds. The van der Waals surface area contributed by atoms with Crippen LogP contribution < -0.4 is 0 Å². The SMILES string of the molecule is CCCCCCCCCCCCCCCCCCc1cc2ccccc2c(CCCCCCCCCCCCCCCCCC)c1S(=O)(=O)O. The maximum absolute atomic E-state index is 12.8. The highest BCUT2D eigenvalue weighted by atomic mass is 32.2. The Labute approximate surface area is 311 Å². The molecule has 0 radical (unpaired) electrons. The highest BCUT2D eigenvalue weighted by Crippen LogP contribution is 2.32. The van der Waals surface area contributed by atoms with Crippen LogP contribution in [-0.2, 0) is 23.0 Å². The van der Waals surface area contributed by atoms with Crippen LogP contribution in [0, 0.1) is 0 Å². The van der Waals surface area contributed by atoms with E-state index in [1.54, 1.807) is 0 Å². The summed E-state index contributed by atoms with van der Waals surface area (Å²) in [6, 6.07) is 10.2. The van der Waals surface area contributed by atoms with Gasteiger partial charge in [-0.2, -0.15) is 8.42 Å². The van der Waals surface area contributed by atoms with Gasteiger partial charge in [0.15, 0.2) is 0 Å². The van der Waals surface area contributed by atoms with E-state index >= 15 is 0 Å². The monoisotopic (exact) mass is 713 g/mol. The van der Waals surface area contributed by atoms with Crippen LogP contribution in [0.25, 0.3) is 10.8 Å². The summed E-state index contributed by atoms with van der Waals surface area (Å²) in [7, 11) is -4.30. The van der Waals surface area contributed by atoms with E-state index in [1.807, 2.05) is 24.3 Å². The van der Waals surface area contributed by atoms with E-state index in [0.717, 1.165) is 47.6 Å². The highest BCUT2D eigenvalue weighted by Gasteiger charge is 2.22. The van der Waals surface area contributed by atoms with Gasteiger partial charge < -0.3 is 0 Å². The zero-order valence-electron chi connectivity index (χ0n) is 33.1. The molecule has 1 N–H and O–H groups in total. The van der Waals surface area contributed by atoms with Gasteiger partial charge in [0.05, 0.1) is 0 Å². The molecular formula is C46H80O3S. The standard InChI is InChI=1S/C46H80O3S/c1-3-5-7-9-11-13-15-17-19-21-23-25-27-29-31-33-38-43-41-42-37-35-36-39-44(42)45(46(43)50(47,48)49)40-34-32-30-28-26-24-22-20-18-16-14-12-10-8-6-4-2/h35-37,39,41H,3-34,38,40H2,1-2H3,(H,47,48,49). The first-order valence-corrected chi connectivity index (χ1v) is 23.4. The number of hydrogen-bond donors (Lipinski definition) is 1. The van der Waals surface area contributed by atoms with Crippen LogP contribution in [0.1, 0.15) is 230 Å². The molecule has 0 atom stereocenters. The van der Waals surface area contributed by atoms with Crippen molar-refractivity contribution in [3.8, 4) is 0 Å². The fourth-order valence-corrected chi connectivity index (χ4v) is 8.95. The number of aryl methyl sites for hydroxylation is 2. The second kappa shape index (κ2) is 30.1. The van der Waals surface area contributed by atoms with Gasteiger partial charge in [-0.25, -0.2) is 0 Å². The third kappa shape index (κ3) is 21.2. The molecule has 0 aliphatic rings. The lowest BCUT2D eigenvalue weighted by Crippen LogP contribution is -2.09. The number of unbranched alkanes of at least 4 members (excludes halogenated alkanes) is 30. The van der Waals surface area contributed by atoms with E-state index in [1.165, 1.54) is 180 Å². The smallest absolute Gasteiger partial charge is 0.282 e. The fraction of sp³-hybridized carbons (Fsp3) is 0.783. The minimum absolute atomic E-state index is 0.207. The molecular weight excluding hydrogens is 633 g/mol. The third-order valence-electron chi connectivity index (χ3n) is 11.0. The summed E-state index contributed by atoms with van der Waals surface area (Å²) in [5, 5.41) is 2.08. The second-order valence-corrected chi connectivity index (χ2v) is 17.0. The molecule has 0 heterocycles. The van der Waals surface area contributed by atoms with Gasteiger partial charge in [-0.05, 0) is 53.6 Å². The molecule has 2 rings (SSSR count). The Kier molecular flexibility index (Phi) is 27.0. The Morgan fingerprint density at radius 2 is 0.760 bits per heavy atom. The van der Waals surface area contributed by atoms with Gasteiger partial charge >= 0.3 is 0 Å². The van der Waals surface area contributed by atoms with E-state index in [-0.39, 0.29) is 4.90 Å². The summed E-state index contributed by atoms with van der Waals surface area (Å²) in [6.45, 7) is 4.57. The van der Waals surface area contributed by atoms with E-state index < -0.39 is 10.1 Å². The predicted molar refractivity (Wildman–Crippen MR) is 220 cm³/mol. The molecule has 0 fully saturated rings. The van der Waals surface area contributed by atoms with Gasteiger partial charge in [-0.3, -0.25) is 4.55 Å². The van der Waals surface area contributed by atoms with Crippen LogP contribution in [0.2, 0.25) is 0 Å². The lowest BCUT2D eigenvalue weighted by Gasteiger charge is -2.16. The van der Waals surface area contributed by atoms with E-state index in [4.69, 9.17) is 0 Å². The average molecular weight is 713 g/mol. The molecule has 0 aromatic heterocycles. The van der Waals surface area contributed by atoms with Gasteiger partial charge in [0.2, 0.25) is 0 Å². The molecule has 2 aromatic rings. The summed E-state index contributed by atoms with van der Waals surface area (Å²) in [5.74, 6) is 0. The molecule has 0 saturated carbocycles.